The van der Waals surface area contributed by atoms with E-state index in [0.29, 0.717) is 22.9 Å². The molecule has 2 aliphatic rings. The first-order chi connectivity index (χ1) is 15.2. The highest BCUT2D eigenvalue weighted by Crippen LogP contribution is 2.46. The molecular formula is C23H22FN5O2. The Morgan fingerprint density at radius 2 is 2.00 bits per heavy atom. The predicted octanol–water partition coefficient (Wildman–Crippen LogP) is 4.61. The number of hydrogen-bond acceptors (Lipinski definition) is 5. The van der Waals surface area contributed by atoms with Crippen molar-refractivity contribution in [2.24, 2.45) is 11.8 Å². The van der Waals surface area contributed by atoms with E-state index in [1.54, 1.807) is 0 Å². The van der Waals surface area contributed by atoms with E-state index in [1.165, 1.54) is 37.9 Å². The normalized spacial score (nSPS) is 21.8. The first kappa shape index (κ1) is 19.4. The molecule has 3 N–H and O–H groups in total. The van der Waals surface area contributed by atoms with Crippen molar-refractivity contribution in [3.63, 3.8) is 0 Å². The Labute approximate surface area is 177 Å². The molecule has 0 saturated heterocycles. The van der Waals surface area contributed by atoms with Crippen LogP contribution in [0.5, 0.6) is 0 Å². The van der Waals surface area contributed by atoms with Crippen molar-refractivity contribution in [3.05, 3.63) is 48.5 Å². The summed E-state index contributed by atoms with van der Waals surface area (Å²) in [7, 11) is 0. The number of carboxylic acid groups (broad SMARTS) is 1. The van der Waals surface area contributed by atoms with Crippen LogP contribution in [0.4, 0.5) is 10.2 Å². The van der Waals surface area contributed by atoms with Crippen LogP contribution in [0, 0.1) is 17.7 Å². The number of carbonyl (C=O) groups is 1. The van der Waals surface area contributed by atoms with Crippen LogP contribution < -0.4 is 5.32 Å². The van der Waals surface area contributed by atoms with E-state index in [-0.39, 0.29) is 12.3 Å². The summed E-state index contributed by atoms with van der Waals surface area (Å²) in [6.07, 6.45) is 8.26. The maximum absolute atomic E-state index is 13.8. The van der Waals surface area contributed by atoms with Crippen LogP contribution in [0.1, 0.15) is 25.7 Å². The molecule has 7 nitrogen and oxygen atoms in total. The number of hydrogen-bond donors (Lipinski definition) is 3. The zero-order valence-corrected chi connectivity index (χ0v) is 16.8. The highest BCUT2D eigenvalue weighted by atomic mass is 19.1. The number of aromatic amines is 1. The average Bonchev–Trinajstić information content (AvgIpc) is 3.49. The van der Waals surface area contributed by atoms with Gasteiger partial charge in [0.25, 0.3) is 6.47 Å². The quantitative estimate of drug-likeness (QED) is 0.419. The fourth-order valence-electron chi connectivity index (χ4n) is 5.07. The molecule has 158 valence electrons. The molecule has 1 aromatic carbocycles. The van der Waals surface area contributed by atoms with Gasteiger partial charge in [0.2, 0.25) is 0 Å². The zero-order chi connectivity index (χ0) is 21.4. The number of nitrogens with one attached hydrogen (secondary N) is 2. The van der Waals surface area contributed by atoms with Crippen LogP contribution in [0.15, 0.2) is 42.7 Å². The lowest BCUT2D eigenvalue weighted by Gasteiger charge is -2.24. The minimum atomic E-state index is -0.366. The Balaban J connectivity index is 0.000000646. The van der Waals surface area contributed by atoms with Gasteiger partial charge in [-0.2, -0.15) is 0 Å². The van der Waals surface area contributed by atoms with E-state index in [4.69, 9.17) is 19.9 Å². The standard InChI is InChI=1S/C22H20FN5.CH2O2/c23-14-9-16-17(11-25-20(16)24-10-14)22-26-18-4-2-1-3-15(18)21(28-22)27-19-8-12-5-6-13(19)7-12;2-1-3/h1-4,9-13,19H,5-8H2,(H,24,25)(H,26,27,28);1H,(H,2,3). The number of para-hydroxylation sites is 1. The number of pyridine rings is 1. The second kappa shape index (κ2) is 7.94. The molecule has 0 spiro atoms. The summed E-state index contributed by atoms with van der Waals surface area (Å²) >= 11 is 0. The Morgan fingerprint density at radius 1 is 1.16 bits per heavy atom. The average molecular weight is 419 g/mol. The number of halogens is 1. The van der Waals surface area contributed by atoms with Gasteiger partial charge in [0.15, 0.2) is 5.82 Å². The fourth-order valence-corrected chi connectivity index (χ4v) is 5.07. The van der Waals surface area contributed by atoms with Gasteiger partial charge in [-0.1, -0.05) is 18.6 Å². The molecule has 31 heavy (non-hydrogen) atoms. The second-order valence-electron chi connectivity index (χ2n) is 8.20. The van der Waals surface area contributed by atoms with E-state index < -0.39 is 0 Å². The largest absolute Gasteiger partial charge is 0.483 e. The second-order valence-corrected chi connectivity index (χ2v) is 8.20. The van der Waals surface area contributed by atoms with Gasteiger partial charge in [-0.3, -0.25) is 4.79 Å². The van der Waals surface area contributed by atoms with E-state index in [1.807, 2.05) is 24.4 Å². The summed E-state index contributed by atoms with van der Waals surface area (Å²) in [5, 5.41) is 12.3. The maximum Gasteiger partial charge on any atom is 0.290 e. The lowest BCUT2D eigenvalue weighted by Crippen LogP contribution is -2.26. The molecule has 3 atom stereocenters. The van der Waals surface area contributed by atoms with Crippen LogP contribution in [-0.4, -0.2) is 37.6 Å². The first-order valence-corrected chi connectivity index (χ1v) is 10.4. The Bertz CT molecular complexity index is 1260. The van der Waals surface area contributed by atoms with Crippen LogP contribution in [-0.2, 0) is 4.79 Å². The molecule has 0 aliphatic heterocycles. The Hall–Kier alpha value is -3.55. The molecule has 0 amide bonds. The fraction of sp³-hybridized carbons (Fsp3) is 0.304. The molecular weight excluding hydrogens is 397 g/mol. The number of anilines is 1. The smallest absolute Gasteiger partial charge is 0.290 e. The molecule has 4 aromatic rings. The van der Waals surface area contributed by atoms with E-state index in [2.05, 4.69) is 21.4 Å². The molecule has 3 unspecified atom stereocenters. The van der Waals surface area contributed by atoms with Crippen molar-refractivity contribution < 1.29 is 14.3 Å². The number of benzene rings is 1. The van der Waals surface area contributed by atoms with Gasteiger partial charge < -0.3 is 15.4 Å². The van der Waals surface area contributed by atoms with Crippen LogP contribution in [0.3, 0.4) is 0 Å². The third-order valence-corrected chi connectivity index (χ3v) is 6.40. The van der Waals surface area contributed by atoms with Gasteiger partial charge in [-0.25, -0.2) is 19.3 Å². The van der Waals surface area contributed by atoms with Crippen molar-refractivity contribution in [3.8, 4) is 11.4 Å². The zero-order valence-electron chi connectivity index (χ0n) is 16.8. The van der Waals surface area contributed by atoms with E-state index in [9.17, 15) is 4.39 Å². The van der Waals surface area contributed by atoms with E-state index in [0.717, 1.165) is 34.1 Å². The molecule has 8 heteroatoms. The van der Waals surface area contributed by atoms with Gasteiger partial charge >= 0.3 is 0 Å². The molecule has 0 radical (unpaired) electrons. The molecule has 6 rings (SSSR count). The van der Waals surface area contributed by atoms with Gasteiger partial charge in [-0.05, 0) is 49.3 Å². The minimum Gasteiger partial charge on any atom is -0.483 e. The SMILES string of the molecule is Fc1cnc2[nH]cc(-c3nc(NC4CC5CCC4C5)c4ccccc4n3)c2c1.O=CO. The number of aromatic nitrogens is 4. The lowest BCUT2D eigenvalue weighted by molar-refractivity contribution is -0.122. The summed E-state index contributed by atoms with van der Waals surface area (Å²) < 4.78 is 13.8. The first-order valence-electron chi connectivity index (χ1n) is 10.4. The monoisotopic (exact) mass is 419 g/mol. The van der Waals surface area contributed by atoms with E-state index >= 15 is 0 Å². The van der Waals surface area contributed by atoms with Crippen LogP contribution in [0.2, 0.25) is 0 Å². The Kier molecular flexibility index (Phi) is 4.97. The minimum absolute atomic E-state index is 0.250. The molecule has 2 aliphatic carbocycles. The summed E-state index contributed by atoms with van der Waals surface area (Å²) in [5.74, 6) is 2.70. The van der Waals surface area contributed by atoms with Gasteiger partial charge in [0.1, 0.15) is 17.3 Å². The third kappa shape index (κ3) is 3.58. The lowest BCUT2D eigenvalue weighted by atomic mass is 9.95. The highest BCUT2D eigenvalue weighted by Gasteiger charge is 2.39. The summed E-state index contributed by atoms with van der Waals surface area (Å²) in [6, 6.07) is 10.0. The van der Waals surface area contributed by atoms with Crippen molar-refractivity contribution >= 4 is 34.2 Å². The molecule has 2 saturated carbocycles. The third-order valence-electron chi connectivity index (χ3n) is 6.40. The Morgan fingerprint density at radius 3 is 2.77 bits per heavy atom. The van der Waals surface area contributed by atoms with Crippen molar-refractivity contribution in [1.29, 1.82) is 0 Å². The predicted molar refractivity (Wildman–Crippen MR) is 116 cm³/mol. The van der Waals surface area contributed by atoms with Crippen molar-refractivity contribution in [2.75, 3.05) is 5.32 Å². The molecule has 3 aromatic heterocycles. The number of nitrogens with zero attached hydrogens (tertiary/aromatic N) is 3. The summed E-state index contributed by atoms with van der Waals surface area (Å²) in [6.45, 7) is -0.250. The van der Waals surface area contributed by atoms with Crippen LogP contribution >= 0.6 is 0 Å². The van der Waals surface area contributed by atoms with Crippen molar-refractivity contribution in [1.82, 2.24) is 19.9 Å². The van der Waals surface area contributed by atoms with Crippen LogP contribution in [0.25, 0.3) is 33.3 Å². The maximum atomic E-state index is 13.8. The molecule has 3 heterocycles. The highest BCUT2D eigenvalue weighted by molar-refractivity contribution is 5.95. The van der Waals surface area contributed by atoms with Gasteiger partial charge in [0, 0.05) is 28.6 Å². The number of fused-ring (bicyclic) bond motifs is 4. The van der Waals surface area contributed by atoms with Gasteiger partial charge in [-0.15, -0.1) is 0 Å². The molecule has 2 fully saturated rings. The molecule has 2 bridgehead atoms. The number of H-pyrrole nitrogens is 1. The summed E-state index contributed by atoms with van der Waals surface area (Å²) in [4.78, 5) is 25.2. The topological polar surface area (TPSA) is 104 Å². The van der Waals surface area contributed by atoms with Crippen molar-refractivity contribution in [2.45, 2.75) is 31.7 Å². The number of rotatable bonds is 3. The van der Waals surface area contributed by atoms with Gasteiger partial charge in [0.05, 0.1) is 11.7 Å². The summed E-state index contributed by atoms with van der Waals surface area (Å²) in [5.41, 5.74) is 2.29.